The topological polar surface area (TPSA) is 42.1 Å². The number of pyridine rings is 1. The van der Waals surface area contributed by atoms with Crippen molar-refractivity contribution in [2.24, 2.45) is 5.73 Å². The van der Waals surface area contributed by atoms with Crippen LogP contribution in [0, 0.1) is 6.92 Å². The van der Waals surface area contributed by atoms with Crippen LogP contribution in [0.3, 0.4) is 0 Å². The SMILES string of the molecule is CCN(C)C(CN)c1ccc2nc(C)ccc2c1. The summed E-state index contributed by atoms with van der Waals surface area (Å²) in [6.45, 7) is 5.79. The molecule has 0 aliphatic carbocycles. The first-order valence-electron chi connectivity index (χ1n) is 6.43. The van der Waals surface area contributed by atoms with Gasteiger partial charge in [0.1, 0.15) is 0 Å². The maximum Gasteiger partial charge on any atom is 0.0705 e. The van der Waals surface area contributed by atoms with E-state index in [0.717, 1.165) is 17.8 Å². The van der Waals surface area contributed by atoms with E-state index in [2.05, 4.69) is 48.1 Å². The van der Waals surface area contributed by atoms with Crippen LogP contribution in [0.5, 0.6) is 0 Å². The number of aromatic nitrogens is 1. The molecule has 96 valence electrons. The van der Waals surface area contributed by atoms with E-state index in [0.29, 0.717) is 6.54 Å². The summed E-state index contributed by atoms with van der Waals surface area (Å²) in [6.07, 6.45) is 0. The minimum Gasteiger partial charge on any atom is -0.329 e. The molecule has 0 aliphatic heterocycles. The second-order valence-corrected chi connectivity index (χ2v) is 4.73. The minimum absolute atomic E-state index is 0.278. The van der Waals surface area contributed by atoms with E-state index >= 15 is 0 Å². The maximum absolute atomic E-state index is 5.89. The van der Waals surface area contributed by atoms with Gasteiger partial charge in [-0.1, -0.05) is 19.1 Å². The van der Waals surface area contributed by atoms with Crippen molar-refractivity contribution in [2.75, 3.05) is 20.1 Å². The summed E-state index contributed by atoms with van der Waals surface area (Å²) in [6, 6.07) is 10.9. The number of nitrogens with two attached hydrogens (primary N) is 1. The molecule has 2 N–H and O–H groups in total. The molecular weight excluding hydrogens is 222 g/mol. The van der Waals surface area contributed by atoms with E-state index in [1.54, 1.807) is 0 Å². The fourth-order valence-electron chi connectivity index (χ4n) is 2.24. The van der Waals surface area contributed by atoms with Gasteiger partial charge in [0.2, 0.25) is 0 Å². The van der Waals surface area contributed by atoms with Crippen LogP contribution in [0.4, 0.5) is 0 Å². The van der Waals surface area contributed by atoms with Crippen molar-refractivity contribution in [3.05, 3.63) is 41.6 Å². The van der Waals surface area contributed by atoms with Gasteiger partial charge in [0.05, 0.1) is 5.52 Å². The summed E-state index contributed by atoms with van der Waals surface area (Å²) in [5.41, 5.74) is 9.26. The number of nitrogens with zero attached hydrogens (tertiary/aromatic N) is 2. The van der Waals surface area contributed by atoms with E-state index < -0.39 is 0 Å². The van der Waals surface area contributed by atoms with E-state index in [4.69, 9.17) is 5.73 Å². The van der Waals surface area contributed by atoms with Gasteiger partial charge >= 0.3 is 0 Å². The Hall–Kier alpha value is -1.45. The van der Waals surface area contributed by atoms with Crippen LogP contribution in [-0.4, -0.2) is 30.0 Å². The van der Waals surface area contributed by atoms with Crippen LogP contribution in [0.15, 0.2) is 30.3 Å². The fourth-order valence-corrected chi connectivity index (χ4v) is 2.24. The Morgan fingerprint density at radius 3 is 2.72 bits per heavy atom. The Morgan fingerprint density at radius 2 is 2.06 bits per heavy atom. The molecule has 0 saturated carbocycles. The molecule has 0 radical (unpaired) electrons. The molecule has 1 heterocycles. The molecule has 1 unspecified atom stereocenters. The van der Waals surface area contributed by atoms with Gasteiger partial charge in [0.25, 0.3) is 0 Å². The Morgan fingerprint density at radius 1 is 1.28 bits per heavy atom. The first kappa shape index (κ1) is 13.0. The van der Waals surface area contributed by atoms with Crippen LogP contribution in [-0.2, 0) is 0 Å². The third-order valence-electron chi connectivity index (χ3n) is 3.49. The lowest BCUT2D eigenvalue weighted by molar-refractivity contribution is 0.263. The largest absolute Gasteiger partial charge is 0.329 e. The number of rotatable bonds is 4. The van der Waals surface area contributed by atoms with Crippen molar-refractivity contribution in [3.8, 4) is 0 Å². The lowest BCUT2D eigenvalue weighted by atomic mass is 10.0. The van der Waals surface area contributed by atoms with Crippen molar-refractivity contribution in [2.45, 2.75) is 19.9 Å². The van der Waals surface area contributed by atoms with Gasteiger partial charge in [0.15, 0.2) is 0 Å². The Kier molecular flexibility index (Phi) is 3.94. The van der Waals surface area contributed by atoms with E-state index in [1.165, 1.54) is 10.9 Å². The number of fused-ring (bicyclic) bond motifs is 1. The van der Waals surface area contributed by atoms with Crippen LogP contribution >= 0.6 is 0 Å². The predicted molar refractivity (Wildman–Crippen MR) is 76.6 cm³/mol. The molecule has 2 rings (SSSR count). The highest BCUT2D eigenvalue weighted by molar-refractivity contribution is 5.79. The minimum atomic E-state index is 0.278. The molecule has 0 aliphatic rings. The molecule has 3 nitrogen and oxygen atoms in total. The summed E-state index contributed by atoms with van der Waals surface area (Å²) >= 11 is 0. The third kappa shape index (κ3) is 2.52. The fraction of sp³-hybridized carbons (Fsp3) is 0.400. The summed E-state index contributed by atoms with van der Waals surface area (Å²) in [5, 5.41) is 1.18. The molecule has 0 saturated heterocycles. The first-order chi connectivity index (χ1) is 8.65. The third-order valence-corrected chi connectivity index (χ3v) is 3.49. The average Bonchev–Trinajstić information content (AvgIpc) is 2.39. The van der Waals surface area contributed by atoms with Crippen LogP contribution in [0.25, 0.3) is 10.9 Å². The number of likely N-dealkylation sites (N-methyl/N-ethyl adjacent to an activating group) is 1. The number of aryl methyl sites for hydroxylation is 1. The standard InChI is InChI=1S/C15H21N3/c1-4-18(3)15(10-16)13-7-8-14-12(9-13)6-5-11(2)17-14/h5-9,15H,4,10,16H2,1-3H3. The Labute approximate surface area is 109 Å². The van der Waals surface area contributed by atoms with Gasteiger partial charge in [-0.25, -0.2) is 0 Å². The molecule has 0 spiro atoms. The van der Waals surface area contributed by atoms with Crippen molar-refractivity contribution in [1.82, 2.24) is 9.88 Å². The monoisotopic (exact) mass is 243 g/mol. The quantitative estimate of drug-likeness (QED) is 0.897. The number of benzene rings is 1. The van der Waals surface area contributed by atoms with Gasteiger partial charge in [-0.3, -0.25) is 9.88 Å². The summed E-state index contributed by atoms with van der Waals surface area (Å²) < 4.78 is 0. The van der Waals surface area contributed by atoms with Gasteiger partial charge in [-0.2, -0.15) is 0 Å². The molecule has 2 aromatic rings. The second kappa shape index (κ2) is 5.46. The highest BCUT2D eigenvalue weighted by Gasteiger charge is 2.14. The number of hydrogen-bond donors (Lipinski definition) is 1. The molecule has 0 fully saturated rings. The molecule has 1 atom stereocenters. The smallest absolute Gasteiger partial charge is 0.0705 e. The molecule has 0 bridgehead atoms. The average molecular weight is 243 g/mol. The van der Waals surface area contributed by atoms with Crippen LogP contribution in [0.1, 0.15) is 24.2 Å². The summed E-state index contributed by atoms with van der Waals surface area (Å²) in [4.78, 5) is 6.79. The maximum atomic E-state index is 5.89. The molecule has 3 heteroatoms. The number of hydrogen-bond acceptors (Lipinski definition) is 3. The Balaban J connectivity index is 2.42. The molecule has 0 amide bonds. The van der Waals surface area contributed by atoms with E-state index in [9.17, 15) is 0 Å². The van der Waals surface area contributed by atoms with Crippen LogP contribution in [0.2, 0.25) is 0 Å². The van der Waals surface area contributed by atoms with E-state index in [-0.39, 0.29) is 6.04 Å². The predicted octanol–water partition coefficient (Wildman–Crippen LogP) is 2.49. The molecular formula is C15H21N3. The van der Waals surface area contributed by atoms with Gasteiger partial charge in [-0.05, 0) is 44.3 Å². The van der Waals surface area contributed by atoms with Gasteiger partial charge in [-0.15, -0.1) is 0 Å². The normalized spacial score (nSPS) is 13.2. The molecule has 1 aromatic heterocycles. The zero-order chi connectivity index (χ0) is 13.1. The molecule has 1 aromatic carbocycles. The van der Waals surface area contributed by atoms with Crippen molar-refractivity contribution >= 4 is 10.9 Å². The Bertz CT molecular complexity index is 536. The highest BCUT2D eigenvalue weighted by atomic mass is 15.1. The first-order valence-corrected chi connectivity index (χ1v) is 6.43. The summed E-state index contributed by atoms with van der Waals surface area (Å²) in [5.74, 6) is 0. The lowest BCUT2D eigenvalue weighted by Gasteiger charge is -2.26. The summed E-state index contributed by atoms with van der Waals surface area (Å²) in [7, 11) is 2.11. The van der Waals surface area contributed by atoms with Crippen LogP contribution < -0.4 is 5.73 Å². The van der Waals surface area contributed by atoms with Crippen molar-refractivity contribution in [3.63, 3.8) is 0 Å². The van der Waals surface area contributed by atoms with Crippen molar-refractivity contribution in [1.29, 1.82) is 0 Å². The van der Waals surface area contributed by atoms with Gasteiger partial charge < -0.3 is 5.73 Å². The van der Waals surface area contributed by atoms with E-state index in [1.807, 2.05) is 13.0 Å². The zero-order valence-corrected chi connectivity index (χ0v) is 11.4. The van der Waals surface area contributed by atoms with Crippen molar-refractivity contribution < 1.29 is 0 Å². The van der Waals surface area contributed by atoms with Gasteiger partial charge in [0, 0.05) is 23.7 Å². The molecule has 18 heavy (non-hydrogen) atoms. The lowest BCUT2D eigenvalue weighted by Crippen LogP contribution is -2.30. The second-order valence-electron chi connectivity index (χ2n) is 4.73. The zero-order valence-electron chi connectivity index (χ0n) is 11.4. The highest BCUT2D eigenvalue weighted by Crippen LogP contribution is 2.22.